The number of aryl methyl sites for hydroxylation is 1. The van der Waals surface area contributed by atoms with Crippen LogP contribution in [0.2, 0.25) is 0 Å². The van der Waals surface area contributed by atoms with Crippen LogP contribution in [0.25, 0.3) is 0 Å². The Bertz CT molecular complexity index is 1600. The highest BCUT2D eigenvalue weighted by molar-refractivity contribution is 5.95. The van der Waals surface area contributed by atoms with Gasteiger partial charge in [0.2, 0.25) is 0 Å². The van der Waals surface area contributed by atoms with Crippen LogP contribution in [0, 0.1) is 0 Å². The maximum Gasteiger partial charge on any atom is 0.127 e. The number of phenolic OH excluding ortho intramolecular Hbond substituents is 2. The molecule has 44 heavy (non-hydrogen) atoms. The molecule has 4 aromatic carbocycles. The molecule has 1 unspecified atom stereocenters. The van der Waals surface area contributed by atoms with Gasteiger partial charge in [-0.3, -0.25) is 4.99 Å². The molecule has 2 N–H and O–H groups in total. The van der Waals surface area contributed by atoms with E-state index >= 15 is 0 Å². The summed E-state index contributed by atoms with van der Waals surface area (Å²) in [6, 6.07) is 37.9. The van der Waals surface area contributed by atoms with Gasteiger partial charge in [-0.2, -0.15) is 0 Å². The predicted octanol–water partition coefficient (Wildman–Crippen LogP) is 6.01. The number of aliphatic imine (C=N–C) groups is 1. The van der Waals surface area contributed by atoms with E-state index in [4.69, 9.17) is 4.99 Å². The molecule has 0 amide bonds. The third-order valence-corrected chi connectivity index (χ3v) is 9.36. The first-order chi connectivity index (χ1) is 21.6. The minimum absolute atomic E-state index is 0.282. The van der Waals surface area contributed by atoms with Gasteiger partial charge in [0.05, 0.1) is 18.6 Å². The lowest BCUT2D eigenvalue weighted by Crippen LogP contribution is -2.46. The van der Waals surface area contributed by atoms with E-state index in [1.54, 1.807) is 24.3 Å². The van der Waals surface area contributed by atoms with E-state index in [-0.39, 0.29) is 6.04 Å². The average molecular weight is 585 g/mol. The summed E-state index contributed by atoms with van der Waals surface area (Å²) in [4.78, 5) is 12.9. The summed E-state index contributed by atoms with van der Waals surface area (Å²) in [5.41, 5.74) is 5.13. The smallest absolute Gasteiger partial charge is 0.127 e. The number of hydrogen-bond acceptors (Lipinski definition) is 6. The van der Waals surface area contributed by atoms with E-state index in [1.807, 2.05) is 24.3 Å². The third kappa shape index (κ3) is 6.16. The van der Waals surface area contributed by atoms with E-state index in [1.165, 1.54) is 28.1 Å². The van der Waals surface area contributed by atoms with Crippen LogP contribution < -0.4 is 0 Å². The highest BCUT2D eigenvalue weighted by Gasteiger charge is 2.42. The van der Waals surface area contributed by atoms with Crippen LogP contribution in [-0.2, 0) is 25.8 Å². The van der Waals surface area contributed by atoms with Gasteiger partial charge in [-0.1, -0.05) is 84.9 Å². The van der Waals surface area contributed by atoms with Gasteiger partial charge in [0, 0.05) is 31.8 Å². The largest absolute Gasteiger partial charge is 0.508 e. The fourth-order valence-electron chi connectivity index (χ4n) is 7.03. The van der Waals surface area contributed by atoms with Gasteiger partial charge in [-0.05, 0) is 72.2 Å². The van der Waals surface area contributed by atoms with Crippen molar-refractivity contribution in [2.75, 3.05) is 19.6 Å². The molecule has 3 aliphatic heterocycles. The maximum atomic E-state index is 9.96. The van der Waals surface area contributed by atoms with Crippen LogP contribution in [0.15, 0.2) is 126 Å². The number of hydrogen-bond donors (Lipinski definition) is 2. The second kappa shape index (κ2) is 12.5. The quantitative estimate of drug-likeness (QED) is 0.252. The van der Waals surface area contributed by atoms with E-state index in [9.17, 15) is 10.2 Å². The number of benzene rings is 4. The van der Waals surface area contributed by atoms with Crippen molar-refractivity contribution in [3.05, 3.63) is 143 Å². The molecule has 6 nitrogen and oxygen atoms in total. The lowest BCUT2D eigenvalue weighted by Gasteiger charge is -2.34. The first kappa shape index (κ1) is 28.1. The van der Waals surface area contributed by atoms with Crippen LogP contribution in [0.1, 0.15) is 28.7 Å². The molecule has 6 heteroatoms. The Labute approximate surface area is 260 Å². The van der Waals surface area contributed by atoms with Crippen LogP contribution >= 0.6 is 0 Å². The van der Waals surface area contributed by atoms with Crippen molar-refractivity contribution in [2.24, 2.45) is 4.99 Å². The van der Waals surface area contributed by atoms with Crippen molar-refractivity contribution < 1.29 is 10.2 Å². The lowest BCUT2D eigenvalue weighted by molar-refractivity contribution is 0.210. The van der Waals surface area contributed by atoms with Crippen LogP contribution in [-0.4, -0.2) is 68.5 Å². The summed E-state index contributed by atoms with van der Waals surface area (Å²) >= 11 is 0. The molecule has 224 valence electrons. The van der Waals surface area contributed by atoms with E-state index in [0.29, 0.717) is 23.6 Å². The maximum absolute atomic E-state index is 9.96. The summed E-state index contributed by atoms with van der Waals surface area (Å²) in [5.74, 6) is 2.92. The minimum atomic E-state index is 0.282. The van der Waals surface area contributed by atoms with Gasteiger partial charge < -0.3 is 24.9 Å². The van der Waals surface area contributed by atoms with Crippen molar-refractivity contribution in [1.29, 1.82) is 0 Å². The molecule has 1 fully saturated rings. The zero-order valence-electron chi connectivity index (χ0n) is 25.0. The predicted molar refractivity (Wildman–Crippen MR) is 176 cm³/mol. The molecule has 0 aliphatic carbocycles. The van der Waals surface area contributed by atoms with Crippen molar-refractivity contribution >= 4 is 5.84 Å². The standard InChI is InChI=1S/C38H40N4O2/c43-35-17-12-30(13-18-35)21-33-24-39-37-23-38-41(25-31-14-19-36(44)20-15-31)32(16-11-28-7-3-1-4-8-28)26-42(38)34(27-40(33)37)22-29-9-5-2-6-10-29/h1-10,12-15,17-20,23,32-34,43-44H,11,16,21-22,24-27H2/t32?,33-,34-/m1/s1. The molecule has 3 heterocycles. The van der Waals surface area contributed by atoms with Gasteiger partial charge >= 0.3 is 0 Å². The molecular formula is C38H40N4O2. The monoisotopic (exact) mass is 584 g/mol. The molecule has 1 saturated heterocycles. The molecule has 4 aromatic rings. The molecule has 3 atom stereocenters. The highest BCUT2D eigenvalue weighted by Crippen LogP contribution is 2.36. The summed E-state index contributed by atoms with van der Waals surface area (Å²) in [6.45, 7) is 3.44. The number of phenols is 2. The number of nitrogens with zero attached hydrogens (tertiary/aromatic N) is 4. The van der Waals surface area contributed by atoms with Crippen molar-refractivity contribution in [3.63, 3.8) is 0 Å². The normalized spacial score (nSPS) is 21.0. The molecule has 7 rings (SSSR count). The summed E-state index contributed by atoms with van der Waals surface area (Å²) in [7, 11) is 0. The fourth-order valence-corrected chi connectivity index (χ4v) is 7.03. The molecule has 0 aromatic heterocycles. The summed E-state index contributed by atoms with van der Waals surface area (Å²) < 4.78 is 0. The number of aromatic hydroxyl groups is 2. The van der Waals surface area contributed by atoms with E-state index < -0.39 is 0 Å². The number of amidine groups is 1. The van der Waals surface area contributed by atoms with Crippen molar-refractivity contribution in [2.45, 2.75) is 50.4 Å². The molecule has 0 bridgehead atoms. The van der Waals surface area contributed by atoms with Crippen molar-refractivity contribution in [1.82, 2.24) is 14.7 Å². The Morgan fingerprint density at radius 2 is 1.16 bits per heavy atom. The minimum Gasteiger partial charge on any atom is -0.508 e. The van der Waals surface area contributed by atoms with Crippen LogP contribution in [0.5, 0.6) is 11.5 Å². The molecular weight excluding hydrogens is 544 g/mol. The Kier molecular flexibility index (Phi) is 7.97. The van der Waals surface area contributed by atoms with Gasteiger partial charge in [-0.15, -0.1) is 0 Å². The van der Waals surface area contributed by atoms with Gasteiger partial charge in [0.15, 0.2) is 0 Å². The Morgan fingerprint density at radius 1 is 0.591 bits per heavy atom. The third-order valence-electron chi connectivity index (χ3n) is 9.36. The Hall–Kier alpha value is -4.71. The summed E-state index contributed by atoms with van der Waals surface area (Å²) in [6.07, 6.45) is 6.29. The topological polar surface area (TPSA) is 62.5 Å². The first-order valence-electron chi connectivity index (χ1n) is 15.8. The molecule has 3 aliphatic rings. The Balaban J connectivity index is 1.22. The second-order valence-corrected chi connectivity index (χ2v) is 12.3. The van der Waals surface area contributed by atoms with E-state index in [2.05, 4.69) is 81.4 Å². The van der Waals surface area contributed by atoms with E-state index in [0.717, 1.165) is 57.7 Å². The number of fused-ring (bicyclic) bond motifs is 2. The fraction of sp³-hybridized carbons (Fsp3) is 0.289. The van der Waals surface area contributed by atoms with Crippen LogP contribution in [0.4, 0.5) is 0 Å². The lowest BCUT2D eigenvalue weighted by atomic mass is 10.0. The number of rotatable bonds is 9. The molecule has 0 radical (unpaired) electrons. The van der Waals surface area contributed by atoms with Gasteiger partial charge in [0.25, 0.3) is 0 Å². The zero-order chi connectivity index (χ0) is 29.9. The van der Waals surface area contributed by atoms with Crippen molar-refractivity contribution in [3.8, 4) is 11.5 Å². The van der Waals surface area contributed by atoms with Crippen LogP contribution in [0.3, 0.4) is 0 Å². The molecule has 0 spiro atoms. The zero-order valence-corrected chi connectivity index (χ0v) is 25.0. The van der Waals surface area contributed by atoms with Gasteiger partial charge in [-0.25, -0.2) is 0 Å². The summed E-state index contributed by atoms with van der Waals surface area (Å²) in [5, 5.41) is 19.8. The Morgan fingerprint density at radius 3 is 1.84 bits per heavy atom. The highest BCUT2D eigenvalue weighted by atomic mass is 16.3. The first-order valence-corrected chi connectivity index (χ1v) is 15.8. The second-order valence-electron chi connectivity index (χ2n) is 12.3. The van der Waals surface area contributed by atoms with Gasteiger partial charge in [0.1, 0.15) is 23.2 Å². The SMILES string of the molecule is Oc1ccc(C[C@@H]2CN=C3C=C4N(Cc5ccc(O)cc5)C(CCc5ccccc5)CN4[C@H](Cc4ccccc4)CN32)cc1. The molecule has 0 saturated carbocycles. The average Bonchev–Trinajstić information content (AvgIpc) is 3.54.